The van der Waals surface area contributed by atoms with Gasteiger partial charge in [0, 0.05) is 12.6 Å². The Morgan fingerprint density at radius 3 is 2.78 bits per heavy atom. The number of nitrogens with zero attached hydrogens (tertiary/aromatic N) is 1. The highest BCUT2D eigenvalue weighted by molar-refractivity contribution is 5.22. The van der Waals surface area contributed by atoms with Crippen LogP contribution in [0.1, 0.15) is 37.8 Å². The van der Waals surface area contributed by atoms with Gasteiger partial charge in [-0.25, -0.2) is 0 Å². The van der Waals surface area contributed by atoms with Crippen molar-refractivity contribution < 1.29 is 0 Å². The maximum absolute atomic E-state index is 3.38. The average molecular weight is 248 g/mol. The van der Waals surface area contributed by atoms with Gasteiger partial charge in [-0.15, -0.1) is 0 Å². The van der Waals surface area contributed by atoms with E-state index >= 15 is 0 Å². The Balaban J connectivity index is 2.33. The molecule has 0 saturated carbocycles. The molecule has 0 aliphatic rings. The molecule has 1 atom stereocenters. The van der Waals surface area contributed by atoms with Crippen LogP contribution in [0.25, 0.3) is 0 Å². The highest BCUT2D eigenvalue weighted by Crippen LogP contribution is 2.11. The lowest BCUT2D eigenvalue weighted by atomic mass is 10.1. The van der Waals surface area contributed by atoms with Gasteiger partial charge in [0.2, 0.25) is 0 Å². The Bertz CT molecular complexity index is 336. The first-order valence-corrected chi connectivity index (χ1v) is 7.10. The fraction of sp³-hybridized carbons (Fsp3) is 0.625. The molecule has 0 aromatic heterocycles. The van der Waals surface area contributed by atoms with Crippen LogP contribution in [0.3, 0.4) is 0 Å². The molecule has 1 aromatic rings. The van der Waals surface area contributed by atoms with Gasteiger partial charge in [-0.2, -0.15) is 0 Å². The van der Waals surface area contributed by atoms with Crippen molar-refractivity contribution in [3.8, 4) is 0 Å². The second-order valence-corrected chi connectivity index (χ2v) is 5.25. The predicted molar refractivity (Wildman–Crippen MR) is 79.9 cm³/mol. The van der Waals surface area contributed by atoms with Gasteiger partial charge in [0.15, 0.2) is 0 Å². The molecule has 0 bridgehead atoms. The normalized spacial score (nSPS) is 12.9. The second kappa shape index (κ2) is 8.28. The molecular weight excluding hydrogens is 220 g/mol. The van der Waals surface area contributed by atoms with Crippen molar-refractivity contribution in [3.63, 3.8) is 0 Å². The Labute approximate surface area is 112 Å². The standard InChI is InChI=1S/C16H28N2/c1-5-17-11-7-9-15(3)18(4)13-16-10-6-8-14(2)12-16/h6,8,10,12,15,17H,5,7,9,11,13H2,1-4H3. The zero-order valence-corrected chi connectivity index (χ0v) is 12.4. The highest BCUT2D eigenvalue weighted by Gasteiger charge is 2.09. The predicted octanol–water partition coefficient (Wildman–Crippen LogP) is 3.21. The number of hydrogen-bond acceptors (Lipinski definition) is 2. The van der Waals surface area contributed by atoms with Gasteiger partial charge in [0.25, 0.3) is 0 Å². The lowest BCUT2D eigenvalue weighted by molar-refractivity contribution is 0.234. The van der Waals surface area contributed by atoms with Crippen LogP contribution in [0.4, 0.5) is 0 Å². The van der Waals surface area contributed by atoms with Gasteiger partial charge in [-0.1, -0.05) is 36.8 Å². The summed E-state index contributed by atoms with van der Waals surface area (Å²) in [4.78, 5) is 2.45. The minimum Gasteiger partial charge on any atom is -0.317 e. The maximum atomic E-state index is 3.38. The average Bonchev–Trinajstić information content (AvgIpc) is 2.34. The van der Waals surface area contributed by atoms with Crippen molar-refractivity contribution in [1.82, 2.24) is 10.2 Å². The summed E-state index contributed by atoms with van der Waals surface area (Å²) in [5.74, 6) is 0. The van der Waals surface area contributed by atoms with E-state index in [2.05, 4.69) is 62.3 Å². The molecule has 1 rings (SSSR count). The van der Waals surface area contributed by atoms with Crippen molar-refractivity contribution in [2.24, 2.45) is 0 Å². The summed E-state index contributed by atoms with van der Waals surface area (Å²) in [5, 5.41) is 3.38. The lowest BCUT2D eigenvalue weighted by Gasteiger charge is -2.25. The summed E-state index contributed by atoms with van der Waals surface area (Å²) in [7, 11) is 2.22. The fourth-order valence-corrected chi connectivity index (χ4v) is 2.17. The molecule has 0 heterocycles. The SMILES string of the molecule is CCNCCCC(C)N(C)Cc1cccc(C)c1. The van der Waals surface area contributed by atoms with Crippen LogP contribution in [0.15, 0.2) is 24.3 Å². The summed E-state index contributed by atoms with van der Waals surface area (Å²) in [6.07, 6.45) is 2.52. The van der Waals surface area contributed by atoms with Gasteiger partial charge < -0.3 is 5.32 Å². The van der Waals surface area contributed by atoms with Crippen LogP contribution in [0.5, 0.6) is 0 Å². The molecule has 0 fully saturated rings. The minimum absolute atomic E-state index is 0.643. The third-order valence-electron chi connectivity index (χ3n) is 3.49. The quantitative estimate of drug-likeness (QED) is 0.711. The van der Waals surface area contributed by atoms with Crippen LogP contribution < -0.4 is 5.32 Å². The van der Waals surface area contributed by atoms with Crippen molar-refractivity contribution in [1.29, 1.82) is 0 Å². The zero-order valence-electron chi connectivity index (χ0n) is 12.4. The van der Waals surface area contributed by atoms with E-state index in [4.69, 9.17) is 0 Å². The highest BCUT2D eigenvalue weighted by atomic mass is 15.1. The number of benzene rings is 1. The summed E-state index contributed by atoms with van der Waals surface area (Å²) < 4.78 is 0. The van der Waals surface area contributed by atoms with Crippen LogP contribution in [-0.2, 0) is 6.54 Å². The van der Waals surface area contributed by atoms with Crippen molar-refractivity contribution in [2.45, 2.75) is 46.2 Å². The van der Waals surface area contributed by atoms with Crippen LogP contribution in [0.2, 0.25) is 0 Å². The molecular formula is C16H28N2. The monoisotopic (exact) mass is 248 g/mol. The lowest BCUT2D eigenvalue weighted by Crippen LogP contribution is -2.29. The van der Waals surface area contributed by atoms with Crippen LogP contribution in [-0.4, -0.2) is 31.1 Å². The third kappa shape index (κ3) is 5.65. The largest absolute Gasteiger partial charge is 0.317 e. The van der Waals surface area contributed by atoms with Crippen molar-refractivity contribution in [3.05, 3.63) is 35.4 Å². The second-order valence-electron chi connectivity index (χ2n) is 5.25. The molecule has 0 saturated heterocycles. The topological polar surface area (TPSA) is 15.3 Å². The Morgan fingerprint density at radius 1 is 1.33 bits per heavy atom. The van der Waals surface area contributed by atoms with Gasteiger partial charge in [0.05, 0.1) is 0 Å². The Kier molecular flexibility index (Phi) is 6.99. The fourth-order valence-electron chi connectivity index (χ4n) is 2.17. The molecule has 102 valence electrons. The molecule has 18 heavy (non-hydrogen) atoms. The van der Waals surface area contributed by atoms with Gasteiger partial charge in [0.1, 0.15) is 0 Å². The molecule has 0 radical (unpaired) electrons. The van der Waals surface area contributed by atoms with E-state index in [9.17, 15) is 0 Å². The van der Waals surface area contributed by atoms with E-state index in [1.54, 1.807) is 0 Å². The molecule has 2 heteroatoms. The Hall–Kier alpha value is -0.860. The number of aryl methyl sites for hydroxylation is 1. The first-order chi connectivity index (χ1) is 8.63. The first kappa shape index (κ1) is 15.2. The van der Waals surface area contributed by atoms with Crippen LogP contribution >= 0.6 is 0 Å². The van der Waals surface area contributed by atoms with E-state index in [1.165, 1.54) is 24.0 Å². The Morgan fingerprint density at radius 2 is 2.11 bits per heavy atom. The van der Waals surface area contributed by atoms with E-state index in [0.29, 0.717) is 6.04 Å². The zero-order chi connectivity index (χ0) is 13.4. The molecule has 1 N–H and O–H groups in total. The maximum Gasteiger partial charge on any atom is 0.0233 e. The minimum atomic E-state index is 0.643. The summed E-state index contributed by atoms with van der Waals surface area (Å²) >= 11 is 0. The summed E-state index contributed by atoms with van der Waals surface area (Å²) in [6.45, 7) is 9.90. The van der Waals surface area contributed by atoms with Crippen molar-refractivity contribution >= 4 is 0 Å². The summed E-state index contributed by atoms with van der Waals surface area (Å²) in [6, 6.07) is 9.44. The molecule has 1 aromatic carbocycles. The van der Waals surface area contributed by atoms with E-state index in [1.807, 2.05) is 0 Å². The molecule has 0 aliphatic carbocycles. The number of nitrogens with one attached hydrogen (secondary N) is 1. The number of hydrogen-bond donors (Lipinski definition) is 1. The van der Waals surface area contributed by atoms with Crippen LogP contribution in [0, 0.1) is 6.92 Å². The smallest absolute Gasteiger partial charge is 0.0233 e. The summed E-state index contributed by atoms with van der Waals surface area (Å²) in [5.41, 5.74) is 2.76. The van der Waals surface area contributed by atoms with Gasteiger partial charge in [-0.05, 0) is 52.4 Å². The van der Waals surface area contributed by atoms with E-state index in [0.717, 1.165) is 19.6 Å². The molecule has 0 spiro atoms. The third-order valence-corrected chi connectivity index (χ3v) is 3.49. The van der Waals surface area contributed by atoms with Gasteiger partial charge >= 0.3 is 0 Å². The molecule has 0 aliphatic heterocycles. The van der Waals surface area contributed by atoms with E-state index < -0.39 is 0 Å². The molecule has 0 amide bonds. The van der Waals surface area contributed by atoms with Gasteiger partial charge in [-0.3, -0.25) is 4.90 Å². The first-order valence-electron chi connectivity index (χ1n) is 7.10. The molecule has 1 unspecified atom stereocenters. The molecule has 2 nitrogen and oxygen atoms in total. The van der Waals surface area contributed by atoms with E-state index in [-0.39, 0.29) is 0 Å². The number of rotatable bonds is 8. The van der Waals surface area contributed by atoms with Crippen molar-refractivity contribution in [2.75, 3.05) is 20.1 Å².